The fourth-order valence-electron chi connectivity index (χ4n) is 2.90. The Morgan fingerprint density at radius 3 is 2.44 bits per heavy atom. The monoisotopic (exact) mass is 359 g/mol. The van der Waals surface area contributed by atoms with Crippen LogP contribution in [0.5, 0.6) is 0 Å². The summed E-state index contributed by atoms with van der Waals surface area (Å²) < 4.78 is 0. The van der Waals surface area contributed by atoms with Crippen molar-refractivity contribution in [1.82, 2.24) is 14.8 Å². The minimum atomic E-state index is -0.824. The average Bonchev–Trinajstić information content (AvgIpc) is 2.78. The molecule has 1 aliphatic heterocycles. The molecule has 0 N–H and O–H groups in total. The molecule has 130 valence electrons. The Morgan fingerprint density at radius 1 is 1.08 bits per heavy atom. The molecule has 0 unspecified atom stereocenters. The topological polar surface area (TPSA) is 70.6 Å². The summed E-state index contributed by atoms with van der Waals surface area (Å²) in [5, 5.41) is 1.10. The molecule has 0 atom stereocenters. The molecule has 0 aliphatic carbocycles. The van der Waals surface area contributed by atoms with Crippen LogP contribution < -0.4 is 0 Å². The lowest BCUT2D eigenvalue weighted by Crippen LogP contribution is -2.33. The van der Waals surface area contributed by atoms with E-state index in [0.29, 0.717) is 12.0 Å². The van der Waals surface area contributed by atoms with Crippen LogP contribution in [0.25, 0.3) is 10.9 Å². The summed E-state index contributed by atoms with van der Waals surface area (Å²) in [6.45, 7) is 5.95. The molecule has 1 aromatic carbocycles. The van der Waals surface area contributed by atoms with Gasteiger partial charge in [-0.1, -0.05) is 30.7 Å². The quantitative estimate of drug-likeness (QED) is 0.477. The summed E-state index contributed by atoms with van der Waals surface area (Å²) in [5.41, 5.74) is 3.46. The number of nitrogens with zero attached hydrogens (tertiary/aromatic N) is 3. The van der Waals surface area contributed by atoms with Crippen LogP contribution in [0.15, 0.2) is 18.2 Å². The lowest BCUT2D eigenvalue weighted by Gasteiger charge is -2.16. The van der Waals surface area contributed by atoms with E-state index in [4.69, 9.17) is 11.6 Å². The lowest BCUT2D eigenvalue weighted by molar-refractivity contribution is -0.143. The minimum Gasteiger partial charge on any atom is -0.263 e. The van der Waals surface area contributed by atoms with Gasteiger partial charge >= 0.3 is 17.8 Å². The molecule has 0 bridgehead atoms. The SMILES string of the molecule is CCCN1C(=O)C(=O)N(Cc2cc3ccc(C)c(C)c3nc2Cl)C1=O. The lowest BCUT2D eigenvalue weighted by atomic mass is 10.0. The van der Waals surface area contributed by atoms with Crippen molar-refractivity contribution in [2.75, 3.05) is 6.54 Å². The molecule has 0 saturated carbocycles. The summed E-state index contributed by atoms with van der Waals surface area (Å²) in [7, 11) is 0. The Bertz CT molecular complexity index is 910. The van der Waals surface area contributed by atoms with E-state index in [9.17, 15) is 14.4 Å². The second-order valence-corrected chi connectivity index (χ2v) is 6.51. The Kier molecular flexibility index (Phi) is 4.47. The highest BCUT2D eigenvalue weighted by atomic mass is 35.5. The molecular formula is C18H18ClN3O3. The number of amides is 4. The van der Waals surface area contributed by atoms with Gasteiger partial charge in [-0.05, 0) is 37.5 Å². The zero-order chi connectivity index (χ0) is 18.3. The number of urea groups is 1. The van der Waals surface area contributed by atoms with Gasteiger partial charge in [0, 0.05) is 17.5 Å². The Labute approximate surface area is 150 Å². The predicted molar refractivity (Wildman–Crippen MR) is 94.2 cm³/mol. The van der Waals surface area contributed by atoms with Crippen molar-refractivity contribution in [2.24, 2.45) is 0 Å². The van der Waals surface area contributed by atoms with Crippen LogP contribution in [0.4, 0.5) is 4.79 Å². The minimum absolute atomic E-state index is 0.0711. The number of rotatable bonds is 4. The molecule has 6 nitrogen and oxygen atoms in total. The molecule has 0 spiro atoms. The first kappa shape index (κ1) is 17.4. The summed E-state index contributed by atoms with van der Waals surface area (Å²) in [5.74, 6) is -1.61. The molecule has 4 amide bonds. The fraction of sp³-hybridized carbons (Fsp3) is 0.333. The first-order valence-electron chi connectivity index (χ1n) is 8.07. The van der Waals surface area contributed by atoms with E-state index in [0.717, 1.165) is 31.8 Å². The average molecular weight is 360 g/mol. The maximum absolute atomic E-state index is 12.3. The molecule has 2 aromatic rings. The Morgan fingerprint density at radius 2 is 1.76 bits per heavy atom. The normalized spacial score (nSPS) is 15.0. The molecule has 7 heteroatoms. The number of carbonyl (C=O) groups excluding carboxylic acids is 3. The van der Waals surface area contributed by atoms with Crippen molar-refractivity contribution in [3.8, 4) is 0 Å². The molecule has 1 saturated heterocycles. The van der Waals surface area contributed by atoms with Gasteiger partial charge < -0.3 is 0 Å². The number of fused-ring (bicyclic) bond motifs is 1. The van der Waals surface area contributed by atoms with Gasteiger partial charge in [-0.25, -0.2) is 9.78 Å². The van der Waals surface area contributed by atoms with Crippen molar-refractivity contribution in [2.45, 2.75) is 33.7 Å². The van der Waals surface area contributed by atoms with E-state index >= 15 is 0 Å². The van der Waals surface area contributed by atoms with E-state index in [1.165, 1.54) is 0 Å². The van der Waals surface area contributed by atoms with Gasteiger partial charge in [-0.3, -0.25) is 19.4 Å². The van der Waals surface area contributed by atoms with E-state index in [1.54, 1.807) is 0 Å². The number of hydrogen-bond acceptors (Lipinski definition) is 4. The van der Waals surface area contributed by atoms with Crippen molar-refractivity contribution < 1.29 is 14.4 Å². The molecule has 25 heavy (non-hydrogen) atoms. The van der Waals surface area contributed by atoms with Gasteiger partial charge in [0.1, 0.15) is 5.15 Å². The highest BCUT2D eigenvalue weighted by Crippen LogP contribution is 2.27. The van der Waals surface area contributed by atoms with Gasteiger partial charge in [0.2, 0.25) is 0 Å². The highest BCUT2D eigenvalue weighted by Gasteiger charge is 2.44. The number of aromatic nitrogens is 1. The zero-order valence-electron chi connectivity index (χ0n) is 14.3. The molecule has 2 heterocycles. The van der Waals surface area contributed by atoms with E-state index < -0.39 is 17.8 Å². The van der Waals surface area contributed by atoms with E-state index in [1.807, 2.05) is 39.0 Å². The molecule has 3 rings (SSSR count). The number of benzene rings is 1. The molecule has 1 aromatic heterocycles. The van der Waals surface area contributed by atoms with Crippen LogP contribution in [0.2, 0.25) is 5.15 Å². The second-order valence-electron chi connectivity index (χ2n) is 6.15. The van der Waals surface area contributed by atoms with E-state index in [2.05, 4.69) is 4.98 Å². The summed E-state index contributed by atoms with van der Waals surface area (Å²) >= 11 is 6.28. The summed E-state index contributed by atoms with van der Waals surface area (Å²) in [4.78, 5) is 42.7. The first-order valence-corrected chi connectivity index (χ1v) is 8.45. The maximum Gasteiger partial charge on any atom is 0.334 e. The van der Waals surface area contributed by atoms with Crippen LogP contribution in [-0.2, 0) is 16.1 Å². The second kappa shape index (κ2) is 6.44. The maximum atomic E-state index is 12.3. The van der Waals surface area contributed by atoms with Crippen molar-refractivity contribution >= 4 is 40.3 Å². The third-order valence-corrected chi connectivity index (χ3v) is 4.78. The van der Waals surface area contributed by atoms with Gasteiger partial charge in [-0.15, -0.1) is 0 Å². The van der Waals surface area contributed by atoms with Gasteiger partial charge in [0.15, 0.2) is 0 Å². The van der Waals surface area contributed by atoms with Crippen LogP contribution in [0.1, 0.15) is 30.0 Å². The smallest absolute Gasteiger partial charge is 0.263 e. The first-order chi connectivity index (χ1) is 11.8. The zero-order valence-corrected chi connectivity index (χ0v) is 15.1. The Balaban J connectivity index is 1.97. The van der Waals surface area contributed by atoms with Crippen LogP contribution in [0.3, 0.4) is 0 Å². The predicted octanol–water partition coefficient (Wildman–Crippen LogP) is 3.21. The van der Waals surface area contributed by atoms with Crippen LogP contribution in [0, 0.1) is 13.8 Å². The third kappa shape index (κ3) is 2.87. The number of pyridine rings is 1. The van der Waals surface area contributed by atoms with Gasteiger partial charge in [0.25, 0.3) is 0 Å². The van der Waals surface area contributed by atoms with Crippen molar-refractivity contribution in [3.05, 3.63) is 40.0 Å². The van der Waals surface area contributed by atoms with Gasteiger partial charge in [-0.2, -0.15) is 0 Å². The summed E-state index contributed by atoms with van der Waals surface area (Å²) in [6, 6.07) is 5.11. The van der Waals surface area contributed by atoms with Gasteiger partial charge in [0.05, 0.1) is 12.1 Å². The number of imide groups is 2. The number of carbonyl (C=O) groups is 3. The highest BCUT2D eigenvalue weighted by molar-refractivity contribution is 6.44. The van der Waals surface area contributed by atoms with Crippen molar-refractivity contribution in [1.29, 1.82) is 0 Å². The number of aryl methyl sites for hydroxylation is 2. The van der Waals surface area contributed by atoms with Crippen LogP contribution in [-0.4, -0.2) is 39.2 Å². The third-order valence-electron chi connectivity index (χ3n) is 4.45. The number of hydrogen-bond donors (Lipinski definition) is 0. The largest absolute Gasteiger partial charge is 0.334 e. The molecular weight excluding hydrogens is 342 g/mol. The standard InChI is InChI=1S/C18H18ClN3O3/c1-4-7-21-16(23)17(24)22(18(21)25)9-13-8-12-6-5-10(2)11(3)14(12)20-15(13)19/h5-6,8H,4,7,9H2,1-3H3. The molecule has 1 fully saturated rings. The molecule has 1 aliphatic rings. The Hall–Kier alpha value is -2.47. The number of halogens is 1. The van der Waals surface area contributed by atoms with E-state index in [-0.39, 0.29) is 18.2 Å². The van der Waals surface area contributed by atoms with Crippen LogP contribution >= 0.6 is 11.6 Å². The summed E-state index contributed by atoms with van der Waals surface area (Å²) in [6.07, 6.45) is 0.593. The van der Waals surface area contributed by atoms with Crippen molar-refractivity contribution in [3.63, 3.8) is 0 Å². The fourth-order valence-corrected chi connectivity index (χ4v) is 3.09. The molecule has 0 radical (unpaired) electrons.